The van der Waals surface area contributed by atoms with Crippen molar-refractivity contribution < 1.29 is 4.74 Å². The van der Waals surface area contributed by atoms with Crippen molar-refractivity contribution >= 4 is 22.6 Å². The average molecular weight is 294 g/mol. The van der Waals surface area contributed by atoms with Gasteiger partial charge in [-0.15, -0.1) is 0 Å². The summed E-state index contributed by atoms with van der Waals surface area (Å²) in [5.41, 5.74) is 1.23. The first-order valence-corrected chi connectivity index (χ1v) is 5.52. The lowest BCUT2D eigenvalue weighted by Gasteiger charge is -2.12. The van der Waals surface area contributed by atoms with E-state index < -0.39 is 0 Å². The van der Waals surface area contributed by atoms with Crippen molar-refractivity contribution in [2.24, 2.45) is 0 Å². The molecule has 0 saturated carbocycles. The van der Waals surface area contributed by atoms with Crippen molar-refractivity contribution in [3.05, 3.63) is 15.5 Å². The molecule has 0 fully saturated rings. The van der Waals surface area contributed by atoms with Crippen molar-refractivity contribution in [3.8, 4) is 0 Å². The number of ether oxygens (including phenoxy) is 1. The third-order valence-electron chi connectivity index (χ3n) is 1.82. The predicted octanol–water partition coefficient (Wildman–Crippen LogP) is 2.22. The molecule has 0 aliphatic heterocycles. The fourth-order valence-electron chi connectivity index (χ4n) is 1.17. The minimum absolute atomic E-state index is 0.234. The standard InChI is InChI=1S/C9H15IN2O/c1-4-13-8(3)6-12-9(10)7(2)5-11-12/h5,8H,4,6H2,1-3H3/t8-/m1/s1. The molecule has 1 atom stereocenters. The van der Waals surface area contributed by atoms with Gasteiger partial charge in [0, 0.05) is 12.2 Å². The van der Waals surface area contributed by atoms with Crippen molar-refractivity contribution in [1.29, 1.82) is 0 Å². The Hall–Kier alpha value is -0.100. The number of aromatic nitrogens is 2. The minimum atomic E-state index is 0.234. The summed E-state index contributed by atoms with van der Waals surface area (Å²) in [6.45, 7) is 7.74. The molecule has 0 radical (unpaired) electrons. The van der Waals surface area contributed by atoms with Crippen LogP contribution in [0.5, 0.6) is 0 Å². The number of nitrogens with zero attached hydrogens (tertiary/aromatic N) is 2. The molecule has 0 saturated heterocycles. The van der Waals surface area contributed by atoms with Gasteiger partial charge in [0.1, 0.15) is 3.70 Å². The highest BCUT2D eigenvalue weighted by atomic mass is 127. The Kier molecular flexibility index (Phi) is 4.18. The third kappa shape index (κ3) is 2.95. The van der Waals surface area contributed by atoms with Crippen molar-refractivity contribution in [2.75, 3.05) is 6.61 Å². The molecule has 74 valence electrons. The van der Waals surface area contributed by atoms with Crippen LogP contribution in [0.1, 0.15) is 19.4 Å². The highest BCUT2D eigenvalue weighted by Gasteiger charge is 2.07. The molecule has 0 aliphatic carbocycles. The fourth-order valence-corrected chi connectivity index (χ4v) is 1.63. The van der Waals surface area contributed by atoms with E-state index in [2.05, 4.69) is 41.5 Å². The number of hydrogen-bond donors (Lipinski definition) is 0. The van der Waals surface area contributed by atoms with Crippen LogP contribution >= 0.6 is 22.6 Å². The van der Waals surface area contributed by atoms with Crippen LogP contribution in [0, 0.1) is 10.6 Å². The second-order valence-electron chi connectivity index (χ2n) is 3.07. The second-order valence-corrected chi connectivity index (χ2v) is 4.09. The number of halogens is 1. The first kappa shape index (κ1) is 11.0. The van der Waals surface area contributed by atoms with Gasteiger partial charge in [0.25, 0.3) is 0 Å². The summed E-state index contributed by atoms with van der Waals surface area (Å²) in [6, 6.07) is 0. The van der Waals surface area contributed by atoms with Crippen LogP contribution in [0.15, 0.2) is 6.20 Å². The summed E-state index contributed by atoms with van der Waals surface area (Å²) < 4.78 is 8.63. The van der Waals surface area contributed by atoms with Gasteiger partial charge in [-0.25, -0.2) is 0 Å². The Morgan fingerprint density at radius 1 is 1.69 bits per heavy atom. The fraction of sp³-hybridized carbons (Fsp3) is 0.667. The molecular weight excluding hydrogens is 279 g/mol. The van der Waals surface area contributed by atoms with Gasteiger partial charge in [0.05, 0.1) is 18.8 Å². The Morgan fingerprint density at radius 3 is 2.85 bits per heavy atom. The van der Waals surface area contributed by atoms with Crippen LogP contribution in [0.4, 0.5) is 0 Å². The molecule has 1 aromatic rings. The Morgan fingerprint density at radius 2 is 2.38 bits per heavy atom. The van der Waals surface area contributed by atoms with Crippen LogP contribution in [-0.4, -0.2) is 22.5 Å². The van der Waals surface area contributed by atoms with E-state index in [9.17, 15) is 0 Å². The van der Waals surface area contributed by atoms with Gasteiger partial charge in [-0.3, -0.25) is 4.68 Å². The highest BCUT2D eigenvalue weighted by molar-refractivity contribution is 14.1. The second kappa shape index (κ2) is 4.95. The summed E-state index contributed by atoms with van der Waals surface area (Å²) in [7, 11) is 0. The SMILES string of the molecule is CCO[C@H](C)Cn1ncc(C)c1I. The van der Waals surface area contributed by atoms with E-state index in [1.807, 2.05) is 17.8 Å². The molecule has 4 heteroatoms. The van der Waals surface area contributed by atoms with E-state index in [0.29, 0.717) is 0 Å². The largest absolute Gasteiger partial charge is 0.377 e. The summed E-state index contributed by atoms with van der Waals surface area (Å²) in [6.07, 6.45) is 2.12. The smallest absolute Gasteiger partial charge is 0.102 e. The molecule has 0 aliphatic rings. The van der Waals surface area contributed by atoms with Gasteiger partial charge in [-0.1, -0.05) is 0 Å². The molecule has 0 unspecified atom stereocenters. The molecule has 3 nitrogen and oxygen atoms in total. The Balaban J connectivity index is 2.58. The number of hydrogen-bond acceptors (Lipinski definition) is 2. The lowest BCUT2D eigenvalue weighted by Crippen LogP contribution is -2.18. The zero-order chi connectivity index (χ0) is 9.84. The molecule has 0 spiro atoms. The molecular formula is C9H15IN2O. The van der Waals surface area contributed by atoms with Crippen molar-refractivity contribution in [3.63, 3.8) is 0 Å². The van der Waals surface area contributed by atoms with Gasteiger partial charge in [0.15, 0.2) is 0 Å². The number of aryl methyl sites for hydroxylation is 1. The maximum Gasteiger partial charge on any atom is 0.102 e. The third-order valence-corrected chi connectivity index (χ3v) is 3.23. The lowest BCUT2D eigenvalue weighted by molar-refractivity contribution is 0.0609. The van der Waals surface area contributed by atoms with E-state index in [0.717, 1.165) is 13.2 Å². The normalized spacial score (nSPS) is 13.2. The van der Waals surface area contributed by atoms with Crippen LogP contribution in [0.25, 0.3) is 0 Å². The zero-order valence-electron chi connectivity index (χ0n) is 8.25. The van der Waals surface area contributed by atoms with E-state index in [-0.39, 0.29) is 6.10 Å². The van der Waals surface area contributed by atoms with Gasteiger partial charge in [-0.05, 0) is 43.4 Å². The summed E-state index contributed by atoms with van der Waals surface area (Å²) >= 11 is 2.31. The summed E-state index contributed by atoms with van der Waals surface area (Å²) in [5, 5.41) is 4.27. The quantitative estimate of drug-likeness (QED) is 0.796. The highest BCUT2D eigenvalue weighted by Crippen LogP contribution is 2.10. The maximum atomic E-state index is 5.45. The molecule has 1 rings (SSSR count). The van der Waals surface area contributed by atoms with Crippen molar-refractivity contribution in [1.82, 2.24) is 9.78 Å². The van der Waals surface area contributed by atoms with Crippen LogP contribution in [0.2, 0.25) is 0 Å². The van der Waals surface area contributed by atoms with E-state index in [1.165, 1.54) is 9.26 Å². The van der Waals surface area contributed by atoms with Crippen LogP contribution < -0.4 is 0 Å². The minimum Gasteiger partial charge on any atom is -0.377 e. The molecule has 0 amide bonds. The molecule has 0 aromatic carbocycles. The summed E-state index contributed by atoms with van der Waals surface area (Å²) in [5.74, 6) is 0. The monoisotopic (exact) mass is 294 g/mol. The van der Waals surface area contributed by atoms with Gasteiger partial charge in [0.2, 0.25) is 0 Å². The summed E-state index contributed by atoms with van der Waals surface area (Å²) in [4.78, 5) is 0. The van der Waals surface area contributed by atoms with E-state index in [4.69, 9.17) is 4.74 Å². The molecule has 0 bridgehead atoms. The molecule has 1 heterocycles. The Labute approximate surface area is 92.6 Å². The number of rotatable bonds is 4. The maximum absolute atomic E-state index is 5.45. The Bertz CT molecular complexity index is 273. The zero-order valence-corrected chi connectivity index (χ0v) is 10.4. The van der Waals surface area contributed by atoms with Gasteiger partial charge < -0.3 is 4.74 Å². The van der Waals surface area contributed by atoms with Gasteiger partial charge in [-0.2, -0.15) is 5.10 Å². The first-order valence-electron chi connectivity index (χ1n) is 4.44. The van der Waals surface area contributed by atoms with E-state index >= 15 is 0 Å². The first-order chi connectivity index (χ1) is 6.15. The molecule has 13 heavy (non-hydrogen) atoms. The predicted molar refractivity (Wildman–Crippen MR) is 60.8 cm³/mol. The van der Waals surface area contributed by atoms with Crippen molar-refractivity contribution in [2.45, 2.75) is 33.4 Å². The lowest BCUT2D eigenvalue weighted by atomic mass is 10.4. The molecule has 0 N–H and O–H groups in total. The molecule has 1 aromatic heterocycles. The topological polar surface area (TPSA) is 27.1 Å². The van der Waals surface area contributed by atoms with Crippen LogP contribution in [0.3, 0.4) is 0 Å². The average Bonchev–Trinajstić information content (AvgIpc) is 2.37. The van der Waals surface area contributed by atoms with E-state index in [1.54, 1.807) is 0 Å². The van der Waals surface area contributed by atoms with Crippen LogP contribution in [-0.2, 0) is 11.3 Å². The van der Waals surface area contributed by atoms with Gasteiger partial charge >= 0.3 is 0 Å².